The molecule has 0 saturated carbocycles. The molecule has 2 heteroatoms. The fraction of sp³-hybridized carbons (Fsp3) is 0.0556. The van der Waals surface area contributed by atoms with Crippen LogP contribution in [0.2, 0.25) is 0 Å². The van der Waals surface area contributed by atoms with Crippen molar-refractivity contribution in [2.45, 2.75) is 6.92 Å². The van der Waals surface area contributed by atoms with Crippen LogP contribution in [-0.2, 0) is 0 Å². The van der Waals surface area contributed by atoms with Gasteiger partial charge in [-0.3, -0.25) is 4.79 Å². The highest BCUT2D eigenvalue weighted by atomic mass is 32.1. The molecular weight excluding hydrogens is 264 g/mol. The van der Waals surface area contributed by atoms with E-state index in [1.54, 1.807) is 11.3 Å². The van der Waals surface area contributed by atoms with Crippen LogP contribution in [0.1, 0.15) is 20.8 Å². The molecule has 3 rings (SSSR count). The van der Waals surface area contributed by atoms with Crippen LogP contribution in [0, 0.1) is 18.8 Å². The van der Waals surface area contributed by atoms with Gasteiger partial charge in [0.25, 0.3) is 0 Å². The number of Topliss-reactive ketones (excluding diaryl/α,β-unsaturated/α-hetero) is 1. The summed E-state index contributed by atoms with van der Waals surface area (Å²) in [6.45, 7) is 1.97. The Hall–Kier alpha value is -2.37. The molecule has 1 heterocycles. The van der Waals surface area contributed by atoms with Crippen LogP contribution < -0.4 is 0 Å². The molecule has 2 aromatic carbocycles. The maximum atomic E-state index is 12.3. The van der Waals surface area contributed by atoms with Gasteiger partial charge in [-0.25, -0.2) is 0 Å². The standard InChI is InChI=1S/C18H12OS/c1-13-18(15-9-5-6-10-17(15)20-13)16(19)12-11-14-7-3-2-4-8-14/h2-10H,1H3. The zero-order valence-corrected chi connectivity index (χ0v) is 11.8. The second-order valence-corrected chi connectivity index (χ2v) is 5.73. The summed E-state index contributed by atoms with van der Waals surface area (Å²) in [6, 6.07) is 17.5. The van der Waals surface area contributed by atoms with E-state index in [-0.39, 0.29) is 5.78 Å². The predicted octanol–water partition coefficient (Wildman–Crippen LogP) is 4.44. The summed E-state index contributed by atoms with van der Waals surface area (Å²) in [6.07, 6.45) is 0. The molecule has 1 nitrogen and oxygen atoms in total. The van der Waals surface area contributed by atoms with E-state index in [0.717, 1.165) is 26.1 Å². The molecule has 0 N–H and O–H groups in total. The Bertz CT molecular complexity index is 832. The second kappa shape index (κ2) is 5.32. The maximum absolute atomic E-state index is 12.3. The first-order valence-corrected chi connectivity index (χ1v) is 7.17. The molecular formula is C18H12OS. The molecule has 3 aromatic rings. The van der Waals surface area contributed by atoms with Crippen molar-refractivity contribution in [1.29, 1.82) is 0 Å². The van der Waals surface area contributed by atoms with Crippen LogP contribution in [0.25, 0.3) is 10.1 Å². The van der Waals surface area contributed by atoms with Crippen LogP contribution in [0.4, 0.5) is 0 Å². The molecule has 0 bridgehead atoms. The number of benzene rings is 2. The Balaban J connectivity index is 2.02. The van der Waals surface area contributed by atoms with Gasteiger partial charge >= 0.3 is 0 Å². The Kier molecular flexibility index (Phi) is 3.37. The summed E-state index contributed by atoms with van der Waals surface area (Å²) in [4.78, 5) is 13.4. The van der Waals surface area contributed by atoms with E-state index in [1.807, 2.05) is 61.5 Å². The van der Waals surface area contributed by atoms with Crippen LogP contribution in [0.15, 0.2) is 54.6 Å². The number of rotatable bonds is 1. The number of ketones is 1. The number of thiophene rings is 1. The maximum Gasteiger partial charge on any atom is 0.237 e. The lowest BCUT2D eigenvalue weighted by atomic mass is 10.1. The third kappa shape index (κ3) is 2.36. The average molecular weight is 276 g/mol. The lowest BCUT2D eigenvalue weighted by Crippen LogP contribution is -1.95. The van der Waals surface area contributed by atoms with Crippen molar-refractivity contribution in [3.63, 3.8) is 0 Å². The highest BCUT2D eigenvalue weighted by Gasteiger charge is 2.14. The summed E-state index contributed by atoms with van der Waals surface area (Å²) in [5.41, 5.74) is 1.60. The van der Waals surface area contributed by atoms with E-state index in [2.05, 4.69) is 11.8 Å². The number of aryl methyl sites for hydroxylation is 1. The summed E-state index contributed by atoms with van der Waals surface area (Å²) in [5, 5.41) is 1.00. The van der Waals surface area contributed by atoms with Crippen LogP contribution in [-0.4, -0.2) is 5.78 Å². The quantitative estimate of drug-likeness (QED) is 0.474. The molecule has 0 atom stereocenters. The van der Waals surface area contributed by atoms with E-state index in [1.165, 1.54) is 0 Å². The molecule has 96 valence electrons. The van der Waals surface area contributed by atoms with Gasteiger partial charge in [0.15, 0.2) is 0 Å². The van der Waals surface area contributed by atoms with Crippen molar-refractivity contribution in [2.75, 3.05) is 0 Å². The van der Waals surface area contributed by atoms with Gasteiger partial charge in [0.2, 0.25) is 5.78 Å². The van der Waals surface area contributed by atoms with Gasteiger partial charge in [-0.05, 0) is 31.0 Å². The Morgan fingerprint density at radius 2 is 1.70 bits per heavy atom. The SMILES string of the molecule is Cc1sc2ccccc2c1C(=O)C#Cc1ccccc1. The van der Waals surface area contributed by atoms with Gasteiger partial charge in [0.05, 0.1) is 5.56 Å². The first-order chi connectivity index (χ1) is 9.75. The van der Waals surface area contributed by atoms with E-state index < -0.39 is 0 Å². The highest BCUT2D eigenvalue weighted by Crippen LogP contribution is 2.30. The number of carbonyl (C=O) groups excluding carboxylic acids is 1. The molecule has 1 aromatic heterocycles. The second-order valence-electron chi connectivity index (χ2n) is 4.47. The minimum Gasteiger partial charge on any atom is -0.279 e. The first-order valence-electron chi connectivity index (χ1n) is 6.35. The lowest BCUT2D eigenvalue weighted by molar-refractivity contribution is 0.105. The molecule has 0 radical (unpaired) electrons. The number of fused-ring (bicyclic) bond motifs is 1. The van der Waals surface area contributed by atoms with E-state index in [0.29, 0.717) is 0 Å². The first kappa shape index (κ1) is 12.7. The number of hydrogen-bond acceptors (Lipinski definition) is 2. The fourth-order valence-corrected chi connectivity index (χ4v) is 3.22. The summed E-state index contributed by atoms with van der Waals surface area (Å²) in [5.74, 6) is 5.57. The monoisotopic (exact) mass is 276 g/mol. The minimum atomic E-state index is -0.108. The Morgan fingerprint density at radius 1 is 1.00 bits per heavy atom. The normalized spacial score (nSPS) is 10.1. The molecule has 0 aliphatic rings. The molecule has 0 amide bonds. The smallest absolute Gasteiger partial charge is 0.237 e. The summed E-state index contributed by atoms with van der Waals surface area (Å²) in [7, 11) is 0. The van der Waals surface area contributed by atoms with Gasteiger partial charge in [0.1, 0.15) is 0 Å². The largest absolute Gasteiger partial charge is 0.279 e. The fourth-order valence-electron chi connectivity index (χ4n) is 2.16. The van der Waals surface area contributed by atoms with Gasteiger partial charge < -0.3 is 0 Å². The van der Waals surface area contributed by atoms with Crippen molar-refractivity contribution < 1.29 is 4.79 Å². The molecule has 0 saturated heterocycles. The zero-order valence-electron chi connectivity index (χ0n) is 11.0. The predicted molar refractivity (Wildman–Crippen MR) is 84.2 cm³/mol. The molecule has 0 fully saturated rings. The van der Waals surface area contributed by atoms with E-state index in [4.69, 9.17) is 0 Å². The Labute approximate surface area is 121 Å². The zero-order chi connectivity index (χ0) is 13.9. The Morgan fingerprint density at radius 3 is 2.50 bits per heavy atom. The number of carbonyl (C=O) groups is 1. The van der Waals surface area contributed by atoms with Crippen LogP contribution in [0.3, 0.4) is 0 Å². The van der Waals surface area contributed by atoms with Crippen LogP contribution >= 0.6 is 11.3 Å². The van der Waals surface area contributed by atoms with Crippen molar-refractivity contribution >= 4 is 27.2 Å². The van der Waals surface area contributed by atoms with Gasteiger partial charge in [-0.15, -0.1) is 11.3 Å². The summed E-state index contributed by atoms with van der Waals surface area (Å²) >= 11 is 1.64. The third-order valence-corrected chi connectivity index (χ3v) is 4.18. The molecule has 0 unspecified atom stereocenters. The topological polar surface area (TPSA) is 17.1 Å². The average Bonchev–Trinajstić information content (AvgIpc) is 2.82. The molecule has 0 spiro atoms. The van der Waals surface area contributed by atoms with Crippen molar-refractivity contribution in [3.8, 4) is 11.8 Å². The molecule has 20 heavy (non-hydrogen) atoms. The van der Waals surface area contributed by atoms with Crippen molar-refractivity contribution in [1.82, 2.24) is 0 Å². The molecule has 0 aliphatic carbocycles. The van der Waals surface area contributed by atoms with Gasteiger partial charge in [0, 0.05) is 20.5 Å². The van der Waals surface area contributed by atoms with E-state index in [9.17, 15) is 4.79 Å². The summed E-state index contributed by atoms with van der Waals surface area (Å²) < 4.78 is 1.13. The van der Waals surface area contributed by atoms with Crippen molar-refractivity contribution in [3.05, 3.63) is 70.6 Å². The number of hydrogen-bond donors (Lipinski definition) is 0. The minimum absolute atomic E-state index is 0.108. The lowest BCUT2D eigenvalue weighted by Gasteiger charge is -1.94. The van der Waals surface area contributed by atoms with Crippen molar-refractivity contribution in [2.24, 2.45) is 0 Å². The van der Waals surface area contributed by atoms with Crippen LogP contribution in [0.5, 0.6) is 0 Å². The van der Waals surface area contributed by atoms with E-state index >= 15 is 0 Å². The van der Waals surface area contributed by atoms with Gasteiger partial charge in [-0.1, -0.05) is 42.3 Å². The highest BCUT2D eigenvalue weighted by molar-refractivity contribution is 7.19. The van der Waals surface area contributed by atoms with Gasteiger partial charge in [-0.2, -0.15) is 0 Å². The molecule has 0 aliphatic heterocycles. The third-order valence-electron chi connectivity index (χ3n) is 3.09.